The van der Waals surface area contributed by atoms with Gasteiger partial charge in [0.25, 0.3) is 0 Å². The first-order chi connectivity index (χ1) is 11.4. The lowest BCUT2D eigenvalue weighted by Gasteiger charge is -2.21. The predicted molar refractivity (Wildman–Crippen MR) is 97.4 cm³/mol. The third kappa shape index (κ3) is 5.65. The van der Waals surface area contributed by atoms with Crippen LogP contribution in [0.1, 0.15) is 37.4 Å². The van der Waals surface area contributed by atoms with E-state index in [2.05, 4.69) is 18.6 Å². The fourth-order valence-electron chi connectivity index (χ4n) is 2.61. The lowest BCUT2D eigenvalue weighted by Crippen LogP contribution is -2.30. The molecule has 4 nitrogen and oxygen atoms in total. The summed E-state index contributed by atoms with van der Waals surface area (Å²) in [5.41, 5.74) is 1.73. The molecule has 1 N–H and O–H groups in total. The first-order valence-corrected chi connectivity index (χ1v) is 9.72. The van der Waals surface area contributed by atoms with E-state index in [0.717, 1.165) is 23.3 Å². The normalized spacial score (nSPS) is 13.0. The molecule has 0 radical (unpaired) electrons. The van der Waals surface area contributed by atoms with E-state index >= 15 is 0 Å². The highest BCUT2D eigenvalue weighted by atomic mass is 32.2. The number of hydrogen-bond donors (Lipinski definition) is 1. The second-order valence-electron chi connectivity index (χ2n) is 6.32. The van der Waals surface area contributed by atoms with E-state index in [1.54, 1.807) is 7.11 Å². The third-order valence-corrected chi connectivity index (χ3v) is 5.10. The fraction of sp³-hybridized carbons (Fsp3) is 0.368. The van der Waals surface area contributed by atoms with Crippen molar-refractivity contribution >= 4 is 10.0 Å². The Morgan fingerprint density at radius 1 is 1.00 bits per heavy atom. The van der Waals surface area contributed by atoms with Crippen molar-refractivity contribution in [1.82, 2.24) is 4.72 Å². The maximum absolute atomic E-state index is 12.6. The van der Waals surface area contributed by atoms with Gasteiger partial charge in [0.1, 0.15) is 5.75 Å². The summed E-state index contributed by atoms with van der Waals surface area (Å²) in [6, 6.07) is 16.5. The van der Waals surface area contributed by atoms with Crippen LogP contribution in [-0.2, 0) is 15.8 Å². The molecule has 0 aromatic heterocycles. The van der Waals surface area contributed by atoms with Crippen LogP contribution in [0.4, 0.5) is 0 Å². The predicted octanol–water partition coefficient (Wildman–Crippen LogP) is 3.90. The highest BCUT2D eigenvalue weighted by molar-refractivity contribution is 7.88. The van der Waals surface area contributed by atoms with E-state index in [-0.39, 0.29) is 11.8 Å². The minimum atomic E-state index is -3.42. The van der Waals surface area contributed by atoms with Crippen molar-refractivity contribution in [1.29, 1.82) is 0 Å². The first-order valence-electron chi connectivity index (χ1n) is 8.07. The standard InChI is InChI=1S/C19H25NO3S/c1-15(2)13-19(17-9-11-18(23-3)12-10-17)20-24(21,22)14-16-7-5-4-6-8-16/h4-12,15,19-20H,13-14H2,1-3H3/t19-/m0/s1. The quantitative estimate of drug-likeness (QED) is 0.788. The van der Waals surface area contributed by atoms with Gasteiger partial charge in [0.15, 0.2) is 0 Å². The molecule has 0 bridgehead atoms. The SMILES string of the molecule is COc1ccc([C@H](CC(C)C)NS(=O)(=O)Cc2ccccc2)cc1. The van der Waals surface area contributed by atoms with E-state index in [1.165, 1.54) is 0 Å². The summed E-state index contributed by atoms with van der Waals surface area (Å²) in [6.45, 7) is 4.17. The minimum Gasteiger partial charge on any atom is -0.497 e. The van der Waals surface area contributed by atoms with Gasteiger partial charge in [-0.25, -0.2) is 13.1 Å². The monoisotopic (exact) mass is 347 g/mol. The summed E-state index contributed by atoms with van der Waals surface area (Å²) in [7, 11) is -1.81. The highest BCUT2D eigenvalue weighted by Crippen LogP contribution is 2.25. The van der Waals surface area contributed by atoms with Crippen LogP contribution in [0.3, 0.4) is 0 Å². The van der Waals surface area contributed by atoms with Crippen LogP contribution in [0.25, 0.3) is 0 Å². The average molecular weight is 347 g/mol. The van der Waals surface area contributed by atoms with Crippen LogP contribution in [0.5, 0.6) is 5.75 Å². The summed E-state index contributed by atoms with van der Waals surface area (Å²) < 4.78 is 33.1. The van der Waals surface area contributed by atoms with Gasteiger partial charge in [0.2, 0.25) is 10.0 Å². The van der Waals surface area contributed by atoms with Gasteiger partial charge >= 0.3 is 0 Å². The van der Waals surface area contributed by atoms with Gasteiger partial charge in [-0.15, -0.1) is 0 Å². The highest BCUT2D eigenvalue weighted by Gasteiger charge is 2.21. The number of hydrogen-bond acceptors (Lipinski definition) is 3. The Morgan fingerprint density at radius 3 is 2.17 bits per heavy atom. The summed E-state index contributed by atoms with van der Waals surface area (Å²) in [5.74, 6) is 1.12. The summed E-state index contributed by atoms with van der Waals surface area (Å²) in [6.07, 6.45) is 0.736. The van der Waals surface area contributed by atoms with E-state index in [1.807, 2.05) is 54.6 Å². The Kier molecular flexibility index (Phi) is 6.40. The number of nitrogens with one attached hydrogen (secondary N) is 1. The van der Waals surface area contributed by atoms with Crippen molar-refractivity contribution < 1.29 is 13.2 Å². The van der Waals surface area contributed by atoms with E-state index < -0.39 is 10.0 Å². The number of rotatable bonds is 8. The first kappa shape index (κ1) is 18.5. The molecule has 0 amide bonds. The molecule has 0 aliphatic rings. The van der Waals surface area contributed by atoms with Crippen LogP contribution >= 0.6 is 0 Å². The Balaban J connectivity index is 2.17. The van der Waals surface area contributed by atoms with Crippen molar-refractivity contribution in [3.05, 3.63) is 65.7 Å². The van der Waals surface area contributed by atoms with Gasteiger partial charge in [-0.2, -0.15) is 0 Å². The second kappa shape index (κ2) is 8.31. The van der Waals surface area contributed by atoms with Gasteiger partial charge in [0, 0.05) is 6.04 Å². The lowest BCUT2D eigenvalue weighted by atomic mass is 9.98. The minimum absolute atomic E-state index is 0.0153. The smallest absolute Gasteiger partial charge is 0.216 e. The Labute approximate surface area is 144 Å². The molecule has 0 saturated carbocycles. The zero-order valence-electron chi connectivity index (χ0n) is 14.4. The lowest BCUT2D eigenvalue weighted by molar-refractivity contribution is 0.414. The van der Waals surface area contributed by atoms with Crippen LogP contribution < -0.4 is 9.46 Å². The van der Waals surface area contributed by atoms with Gasteiger partial charge in [-0.05, 0) is 35.6 Å². The molecule has 5 heteroatoms. The summed E-state index contributed by atoms with van der Waals surface area (Å²) >= 11 is 0. The molecule has 0 fully saturated rings. The molecular weight excluding hydrogens is 322 g/mol. The number of methoxy groups -OCH3 is 1. The zero-order chi connectivity index (χ0) is 17.6. The number of ether oxygens (including phenoxy) is 1. The van der Waals surface area contributed by atoms with Crippen molar-refractivity contribution in [3.63, 3.8) is 0 Å². The van der Waals surface area contributed by atoms with E-state index in [4.69, 9.17) is 4.74 Å². The Morgan fingerprint density at radius 2 is 1.62 bits per heavy atom. The van der Waals surface area contributed by atoms with Crippen molar-refractivity contribution in [2.45, 2.75) is 32.1 Å². The molecule has 0 heterocycles. The molecule has 130 valence electrons. The molecule has 24 heavy (non-hydrogen) atoms. The Bertz CT molecular complexity index is 725. The molecule has 0 unspecified atom stereocenters. The van der Waals surface area contributed by atoms with Gasteiger partial charge < -0.3 is 4.74 Å². The van der Waals surface area contributed by atoms with Gasteiger partial charge in [0.05, 0.1) is 12.9 Å². The van der Waals surface area contributed by atoms with Crippen LogP contribution in [-0.4, -0.2) is 15.5 Å². The molecular formula is C19H25NO3S. The van der Waals surface area contributed by atoms with Crippen LogP contribution in [0, 0.1) is 5.92 Å². The molecule has 2 aromatic rings. The molecule has 0 aliphatic carbocycles. The number of benzene rings is 2. The maximum Gasteiger partial charge on any atom is 0.216 e. The van der Waals surface area contributed by atoms with Crippen molar-refractivity contribution in [3.8, 4) is 5.75 Å². The molecule has 2 aromatic carbocycles. The average Bonchev–Trinajstić information content (AvgIpc) is 2.54. The van der Waals surface area contributed by atoms with Gasteiger partial charge in [-0.3, -0.25) is 0 Å². The molecule has 0 spiro atoms. The van der Waals surface area contributed by atoms with Crippen LogP contribution in [0.15, 0.2) is 54.6 Å². The summed E-state index contributed by atoms with van der Waals surface area (Å²) in [5, 5.41) is 0. The molecule has 1 atom stereocenters. The van der Waals surface area contributed by atoms with Crippen molar-refractivity contribution in [2.75, 3.05) is 7.11 Å². The topological polar surface area (TPSA) is 55.4 Å². The second-order valence-corrected chi connectivity index (χ2v) is 8.07. The third-order valence-electron chi connectivity index (χ3n) is 3.75. The molecule has 0 aliphatic heterocycles. The largest absolute Gasteiger partial charge is 0.497 e. The van der Waals surface area contributed by atoms with E-state index in [9.17, 15) is 8.42 Å². The van der Waals surface area contributed by atoms with Gasteiger partial charge in [-0.1, -0.05) is 56.3 Å². The maximum atomic E-state index is 12.6. The van der Waals surface area contributed by atoms with E-state index in [0.29, 0.717) is 5.92 Å². The fourth-order valence-corrected chi connectivity index (χ4v) is 3.99. The zero-order valence-corrected chi connectivity index (χ0v) is 15.2. The van der Waals surface area contributed by atoms with Crippen LogP contribution in [0.2, 0.25) is 0 Å². The summed E-state index contributed by atoms with van der Waals surface area (Å²) in [4.78, 5) is 0. The molecule has 0 saturated heterocycles. The molecule has 2 rings (SSSR count). The Hall–Kier alpha value is -1.85. The number of sulfonamides is 1. The van der Waals surface area contributed by atoms with Crippen molar-refractivity contribution in [2.24, 2.45) is 5.92 Å².